The zero-order valence-corrected chi connectivity index (χ0v) is 14.6. The molecule has 0 aliphatic carbocycles. The quantitative estimate of drug-likeness (QED) is 0.900. The zero-order chi connectivity index (χ0) is 16.2. The molecule has 1 atom stereocenters. The lowest BCUT2D eigenvalue weighted by Gasteiger charge is -2.32. The molecule has 1 amide bonds. The molecule has 0 saturated carbocycles. The van der Waals surface area contributed by atoms with Crippen molar-refractivity contribution in [1.82, 2.24) is 10.3 Å². The van der Waals surface area contributed by atoms with Gasteiger partial charge >= 0.3 is 0 Å². The van der Waals surface area contributed by atoms with Crippen molar-refractivity contribution >= 4 is 18.3 Å². The number of nitrogens with two attached hydrogens (primary N) is 1. The Labute approximate surface area is 143 Å². The number of carbonyl (C=O) groups is 1. The largest absolute Gasteiger partial charge is 0.345 e. The highest BCUT2D eigenvalue weighted by atomic mass is 35.5. The molecule has 1 aromatic carbocycles. The minimum absolute atomic E-state index is 0. The predicted octanol–water partition coefficient (Wildman–Crippen LogP) is 3.48. The van der Waals surface area contributed by atoms with Crippen molar-refractivity contribution in [2.24, 2.45) is 11.1 Å². The maximum atomic E-state index is 12.6. The number of aromatic nitrogens is 1. The molecule has 0 fully saturated rings. The Morgan fingerprint density at radius 2 is 1.87 bits per heavy atom. The van der Waals surface area contributed by atoms with E-state index in [2.05, 4.69) is 31.1 Å². The van der Waals surface area contributed by atoms with Crippen LogP contribution in [0.2, 0.25) is 0 Å². The average Bonchev–Trinajstić information content (AvgIpc) is 2.52. The van der Waals surface area contributed by atoms with Crippen molar-refractivity contribution in [2.45, 2.75) is 33.4 Å². The van der Waals surface area contributed by atoms with Gasteiger partial charge in [-0.1, -0.05) is 51.1 Å². The minimum atomic E-state index is -0.110. The molecule has 0 bridgehead atoms. The molecule has 1 unspecified atom stereocenters. The summed E-state index contributed by atoms with van der Waals surface area (Å²) < 4.78 is 0. The van der Waals surface area contributed by atoms with E-state index in [1.807, 2.05) is 30.3 Å². The van der Waals surface area contributed by atoms with Crippen molar-refractivity contribution in [3.63, 3.8) is 0 Å². The van der Waals surface area contributed by atoms with Crippen LogP contribution in [-0.2, 0) is 6.54 Å². The van der Waals surface area contributed by atoms with Crippen LogP contribution in [0.1, 0.15) is 48.4 Å². The van der Waals surface area contributed by atoms with Crippen LogP contribution < -0.4 is 11.1 Å². The Balaban J connectivity index is 0.00000264. The van der Waals surface area contributed by atoms with E-state index in [-0.39, 0.29) is 29.8 Å². The lowest BCUT2D eigenvalue weighted by molar-refractivity contribution is 0.0901. The fraction of sp³-hybridized carbons (Fsp3) is 0.333. The van der Waals surface area contributed by atoms with E-state index >= 15 is 0 Å². The van der Waals surface area contributed by atoms with Crippen LogP contribution in [0.5, 0.6) is 0 Å². The Kier molecular flexibility index (Phi) is 6.73. The summed E-state index contributed by atoms with van der Waals surface area (Å²) in [5.74, 6) is -0.110. The zero-order valence-electron chi connectivity index (χ0n) is 13.7. The average molecular weight is 334 g/mol. The molecule has 0 aliphatic heterocycles. The molecule has 0 saturated heterocycles. The van der Waals surface area contributed by atoms with Crippen LogP contribution in [0.4, 0.5) is 0 Å². The van der Waals surface area contributed by atoms with Gasteiger partial charge in [-0.3, -0.25) is 9.78 Å². The standard InChI is InChI=1S/C18H23N3O.ClH/c1-18(2,3)16(13-7-5-4-6-8-13)21-17(22)14-9-10-20-15(11-14)12-19;/h4-11,16H,12,19H2,1-3H3,(H,21,22);1H. The molecule has 4 nitrogen and oxygen atoms in total. The van der Waals surface area contributed by atoms with Gasteiger partial charge in [0.1, 0.15) is 0 Å². The van der Waals surface area contributed by atoms with Crippen molar-refractivity contribution in [3.05, 3.63) is 65.5 Å². The van der Waals surface area contributed by atoms with E-state index < -0.39 is 0 Å². The van der Waals surface area contributed by atoms with E-state index in [4.69, 9.17) is 5.73 Å². The van der Waals surface area contributed by atoms with E-state index in [1.165, 1.54) is 0 Å². The molecule has 0 spiro atoms. The van der Waals surface area contributed by atoms with Crippen LogP contribution in [0, 0.1) is 5.41 Å². The second-order valence-corrected chi connectivity index (χ2v) is 6.42. The third kappa shape index (κ3) is 5.05. The number of amides is 1. The van der Waals surface area contributed by atoms with E-state index in [0.29, 0.717) is 17.8 Å². The Bertz CT molecular complexity index is 638. The maximum absolute atomic E-state index is 12.6. The second-order valence-electron chi connectivity index (χ2n) is 6.42. The molecule has 0 aliphatic rings. The molecule has 0 radical (unpaired) electrons. The summed E-state index contributed by atoms with van der Waals surface area (Å²) in [6.45, 7) is 6.66. The van der Waals surface area contributed by atoms with Gasteiger partial charge in [-0.2, -0.15) is 0 Å². The molecule has 124 valence electrons. The van der Waals surface area contributed by atoms with Crippen LogP contribution in [-0.4, -0.2) is 10.9 Å². The number of pyridine rings is 1. The highest BCUT2D eigenvalue weighted by molar-refractivity contribution is 5.94. The van der Waals surface area contributed by atoms with Crippen LogP contribution >= 0.6 is 12.4 Å². The van der Waals surface area contributed by atoms with Gasteiger partial charge in [0.15, 0.2) is 0 Å². The number of rotatable bonds is 4. The molecular weight excluding hydrogens is 310 g/mol. The molecule has 1 aromatic heterocycles. The first-order chi connectivity index (χ1) is 10.4. The monoisotopic (exact) mass is 333 g/mol. The van der Waals surface area contributed by atoms with E-state index in [1.54, 1.807) is 18.3 Å². The maximum Gasteiger partial charge on any atom is 0.251 e. The predicted molar refractivity (Wildman–Crippen MR) is 95.5 cm³/mol. The van der Waals surface area contributed by atoms with Gasteiger partial charge < -0.3 is 11.1 Å². The van der Waals surface area contributed by atoms with Gasteiger partial charge in [0.2, 0.25) is 0 Å². The van der Waals surface area contributed by atoms with Crippen molar-refractivity contribution in [3.8, 4) is 0 Å². The molecule has 23 heavy (non-hydrogen) atoms. The van der Waals surface area contributed by atoms with Gasteiger partial charge in [0.25, 0.3) is 5.91 Å². The summed E-state index contributed by atoms with van der Waals surface area (Å²) >= 11 is 0. The number of benzene rings is 1. The third-order valence-corrected chi connectivity index (χ3v) is 3.56. The molecule has 5 heteroatoms. The Hall–Kier alpha value is -1.91. The number of nitrogens with one attached hydrogen (secondary N) is 1. The van der Waals surface area contributed by atoms with Crippen LogP contribution in [0.15, 0.2) is 48.7 Å². The summed E-state index contributed by atoms with van der Waals surface area (Å²) in [4.78, 5) is 16.7. The topological polar surface area (TPSA) is 68.0 Å². The smallest absolute Gasteiger partial charge is 0.251 e. The summed E-state index contributed by atoms with van der Waals surface area (Å²) in [6, 6.07) is 13.4. The van der Waals surface area contributed by atoms with Crippen molar-refractivity contribution < 1.29 is 4.79 Å². The van der Waals surface area contributed by atoms with Gasteiger partial charge in [-0.15, -0.1) is 12.4 Å². The van der Waals surface area contributed by atoms with Crippen molar-refractivity contribution in [1.29, 1.82) is 0 Å². The Morgan fingerprint density at radius 1 is 1.22 bits per heavy atom. The van der Waals surface area contributed by atoms with Crippen molar-refractivity contribution in [2.75, 3.05) is 0 Å². The number of carbonyl (C=O) groups excluding carboxylic acids is 1. The first kappa shape index (κ1) is 19.1. The highest BCUT2D eigenvalue weighted by Gasteiger charge is 2.28. The Morgan fingerprint density at radius 3 is 2.43 bits per heavy atom. The van der Waals surface area contributed by atoms with E-state index in [9.17, 15) is 4.79 Å². The lowest BCUT2D eigenvalue weighted by atomic mass is 9.82. The minimum Gasteiger partial charge on any atom is -0.345 e. The first-order valence-corrected chi connectivity index (χ1v) is 7.42. The molecule has 2 aromatic rings. The number of halogens is 1. The van der Waals surface area contributed by atoms with Crippen LogP contribution in [0.3, 0.4) is 0 Å². The fourth-order valence-corrected chi connectivity index (χ4v) is 2.39. The van der Waals surface area contributed by atoms with Crippen LogP contribution in [0.25, 0.3) is 0 Å². The molecule has 3 N–H and O–H groups in total. The third-order valence-electron chi connectivity index (χ3n) is 3.56. The number of nitrogens with zero attached hydrogens (tertiary/aromatic N) is 1. The fourth-order valence-electron chi connectivity index (χ4n) is 2.39. The normalized spacial score (nSPS) is 12.2. The van der Waals surface area contributed by atoms with Gasteiger partial charge in [0.05, 0.1) is 11.7 Å². The van der Waals surface area contributed by atoms with Gasteiger partial charge in [0, 0.05) is 18.3 Å². The molecule has 2 rings (SSSR count). The lowest BCUT2D eigenvalue weighted by Crippen LogP contribution is -2.36. The molecular formula is C18H24ClN3O. The summed E-state index contributed by atoms with van der Waals surface area (Å²) in [5, 5.41) is 3.13. The summed E-state index contributed by atoms with van der Waals surface area (Å²) in [6.07, 6.45) is 1.62. The summed E-state index contributed by atoms with van der Waals surface area (Å²) in [5.41, 5.74) is 7.88. The van der Waals surface area contributed by atoms with E-state index in [0.717, 1.165) is 5.56 Å². The van der Waals surface area contributed by atoms with Gasteiger partial charge in [-0.25, -0.2) is 0 Å². The number of hydrogen-bond donors (Lipinski definition) is 2. The second kappa shape index (κ2) is 8.09. The summed E-state index contributed by atoms with van der Waals surface area (Å²) in [7, 11) is 0. The van der Waals surface area contributed by atoms with Gasteiger partial charge in [-0.05, 0) is 23.1 Å². The highest BCUT2D eigenvalue weighted by Crippen LogP contribution is 2.32. The molecule has 1 heterocycles. The number of hydrogen-bond acceptors (Lipinski definition) is 3. The first-order valence-electron chi connectivity index (χ1n) is 7.42. The SMILES string of the molecule is CC(C)(C)C(NC(=O)c1ccnc(CN)c1)c1ccccc1.Cl.